The minimum atomic E-state index is -0.938. The molecule has 0 radical (unpaired) electrons. The third-order valence-corrected chi connectivity index (χ3v) is 3.77. The van der Waals surface area contributed by atoms with Crippen LogP contribution in [0.3, 0.4) is 0 Å². The molecule has 1 heterocycles. The number of amides is 4. The van der Waals surface area contributed by atoms with E-state index in [2.05, 4.69) is 10.6 Å². The predicted octanol–water partition coefficient (Wildman–Crippen LogP) is 0.232. The molecule has 0 fully saturated rings. The summed E-state index contributed by atoms with van der Waals surface area (Å²) >= 11 is 0. The van der Waals surface area contributed by atoms with Crippen molar-refractivity contribution in [3.63, 3.8) is 0 Å². The number of carbonyl (C=O) groups is 4. The molecule has 0 aliphatic carbocycles. The van der Waals surface area contributed by atoms with Crippen molar-refractivity contribution in [2.75, 3.05) is 13.6 Å². The lowest BCUT2D eigenvalue weighted by atomic mass is 10.1. The maximum Gasteiger partial charge on any atom is 0.262 e. The number of rotatable bonds is 5. The molecule has 1 aromatic carbocycles. The van der Waals surface area contributed by atoms with Gasteiger partial charge in [0.2, 0.25) is 11.8 Å². The first kappa shape index (κ1) is 16.7. The summed E-state index contributed by atoms with van der Waals surface area (Å²) < 4.78 is 0. The smallest absolute Gasteiger partial charge is 0.262 e. The van der Waals surface area contributed by atoms with Gasteiger partial charge in [-0.3, -0.25) is 24.1 Å². The third kappa shape index (κ3) is 3.23. The number of hydrogen-bond acceptors (Lipinski definition) is 4. The van der Waals surface area contributed by atoms with Gasteiger partial charge in [-0.15, -0.1) is 0 Å². The van der Waals surface area contributed by atoms with E-state index in [0.29, 0.717) is 11.1 Å². The highest BCUT2D eigenvalue weighted by molar-refractivity contribution is 6.22. The zero-order chi connectivity index (χ0) is 17.1. The van der Waals surface area contributed by atoms with Gasteiger partial charge in [-0.25, -0.2) is 0 Å². The Balaban J connectivity index is 2.07. The van der Waals surface area contributed by atoms with Gasteiger partial charge in [0.15, 0.2) is 0 Å². The monoisotopic (exact) mass is 317 g/mol. The normalized spacial score (nSPS) is 14.5. The quantitative estimate of drug-likeness (QED) is 0.760. The van der Waals surface area contributed by atoms with E-state index in [0.717, 1.165) is 10.5 Å². The first-order chi connectivity index (χ1) is 10.9. The molecular formula is C16H19N3O4. The van der Waals surface area contributed by atoms with Crippen LogP contribution in [0, 0.1) is 6.92 Å². The predicted molar refractivity (Wildman–Crippen MR) is 82.8 cm³/mol. The molecule has 2 N–H and O–H groups in total. The third-order valence-electron chi connectivity index (χ3n) is 3.77. The van der Waals surface area contributed by atoms with Crippen LogP contribution in [0.5, 0.6) is 0 Å². The van der Waals surface area contributed by atoms with Crippen molar-refractivity contribution in [3.8, 4) is 0 Å². The number of benzene rings is 1. The van der Waals surface area contributed by atoms with Gasteiger partial charge in [-0.05, 0) is 26.0 Å². The van der Waals surface area contributed by atoms with Crippen LogP contribution < -0.4 is 10.6 Å². The van der Waals surface area contributed by atoms with E-state index in [1.54, 1.807) is 18.2 Å². The Labute approximate surface area is 134 Å². The van der Waals surface area contributed by atoms with Gasteiger partial charge in [0, 0.05) is 20.0 Å². The maximum atomic E-state index is 12.4. The fourth-order valence-corrected chi connectivity index (χ4v) is 2.41. The van der Waals surface area contributed by atoms with E-state index < -0.39 is 23.8 Å². The summed E-state index contributed by atoms with van der Waals surface area (Å²) in [7, 11) is 1.51. The highest BCUT2D eigenvalue weighted by Crippen LogP contribution is 2.25. The second-order valence-corrected chi connectivity index (χ2v) is 5.42. The molecule has 0 saturated carbocycles. The lowest BCUT2D eigenvalue weighted by Gasteiger charge is -2.21. The first-order valence-corrected chi connectivity index (χ1v) is 7.33. The van der Waals surface area contributed by atoms with Crippen molar-refractivity contribution in [2.45, 2.75) is 26.3 Å². The van der Waals surface area contributed by atoms with E-state index in [1.165, 1.54) is 14.0 Å². The van der Waals surface area contributed by atoms with Crippen LogP contribution in [0.4, 0.5) is 0 Å². The number of hydrogen-bond donors (Lipinski definition) is 2. The SMILES string of the molecule is CNC(=O)CCNC(=O)[C@H](C)N1C(=O)c2ccc(C)cc2C1=O. The Morgan fingerprint density at radius 3 is 2.48 bits per heavy atom. The second kappa shape index (κ2) is 6.60. The Morgan fingerprint density at radius 2 is 1.83 bits per heavy atom. The Morgan fingerprint density at radius 1 is 1.17 bits per heavy atom. The van der Waals surface area contributed by atoms with Gasteiger partial charge in [0.25, 0.3) is 11.8 Å². The average Bonchev–Trinajstić information content (AvgIpc) is 2.77. The molecule has 4 amide bonds. The van der Waals surface area contributed by atoms with E-state index in [1.807, 2.05) is 6.92 Å². The topological polar surface area (TPSA) is 95.6 Å². The van der Waals surface area contributed by atoms with E-state index in [9.17, 15) is 19.2 Å². The van der Waals surface area contributed by atoms with E-state index in [4.69, 9.17) is 0 Å². The fraction of sp³-hybridized carbons (Fsp3) is 0.375. The number of carbonyl (C=O) groups excluding carboxylic acids is 4. The number of fused-ring (bicyclic) bond motifs is 1. The molecule has 0 bridgehead atoms. The van der Waals surface area contributed by atoms with Crippen LogP contribution in [-0.2, 0) is 9.59 Å². The zero-order valence-electron chi connectivity index (χ0n) is 13.3. The van der Waals surface area contributed by atoms with Crippen molar-refractivity contribution >= 4 is 23.6 Å². The van der Waals surface area contributed by atoms with Crippen LogP contribution in [-0.4, -0.2) is 48.2 Å². The maximum absolute atomic E-state index is 12.4. The highest BCUT2D eigenvalue weighted by Gasteiger charge is 2.40. The van der Waals surface area contributed by atoms with Gasteiger partial charge < -0.3 is 10.6 Å². The van der Waals surface area contributed by atoms with Gasteiger partial charge in [0.05, 0.1) is 11.1 Å². The van der Waals surface area contributed by atoms with Crippen LogP contribution in [0.1, 0.15) is 39.6 Å². The molecule has 1 aliphatic heterocycles. The van der Waals surface area contributed by atoms with Crippen LogP contribution >= 0.6 is 0 Å². The molecule has 7 heteroatoms. The molecule has 7 nitrogen and oxygen atoms in total. The first-order valence-electron chi connectivity index (χ1n) is 7.33. The largest absolute Gasteiger partial charge is 0.359 e. The van der Waals surface area contributed by atoms with E-state index in [-0.39, 0.29) is 18.9 Å². The standard InChI is InChI=1S/C16H19N3O4/c1-9-4-5-11-12(8-9)16(23)19(15(11)22)10(2)14(21)18-7-6-13(20)17-3/h4-5,8,10H,6-7H2,1-3H3,(H,17,20)(H,18,21)/t10-/m0/s1. The summed E-state index contributed by atoms with van der Waals surface area (Å²) in [6, 6.07) is 4.06. The number of aryl methyl sites for hydroxylation is 1. The number of nitrogens with one attached hydrogen (secondary N) is 2. The van der Waals surface area contributed by atoms with Crippen molar-refractivity contribution in [1.82, 2.24) is 15.5 Å². The molecule has 0 aromatic heterocycles. The molecule has 0 saturated heterocycles. The molecule has 0 spiro atoms. The molecule has 23 heavy (non-hydrogen) atoms. The van der Waals surface area contributed by atoms with Crippen LogP contribution in [0.2, 0.25) is 0 Å². The molecule has 1 aliphatic rings. The van der Waals surface area contributed by atoms with Crippen molar-refractivity contribution in [3.05, 3.63) is 34.9 Å². The summed E-state index contributed by atoms with van der Waals surface area (Å²) in [5.74, 6) is -1.61. The minimum absolute atomic E-state index is 0.135. The fourth-order valence-electron chi connectivity index (χ4n) is 2.41. The van der Waals surface area contributed by atoms with Gasteiger partial charge >= 0.3 is 0 Å². The van der Waals surface area contributed by atoms with Gasteiger partial charge in [0.1, 0.15) is 6.04 Å². The molecule has 1 atom stereocenters. The zero-order valence-corrected chi connectivity index (χ0v) is 13.3. The summed E-state index contributed by atoms with van der Waals surface area (Å²) in [5.41, 5.74) is 1.50. The average molecular weight is 317 g/mol. The van der Waals surface area contributed by atoms with Crippen LogP contribution in [0.15, 0.2) is 18.2 Å². The van der Waals surface area contributed by atoms with Crippen LogP contribution in [0.25, 0.3) is 0 Å². The Bertz CT molecular complexity index is 684. The summed E-state index contributed by atoms with van der Waals surface area (Å²) in [6.45, 7) is 3.46. The summed E-state index contributed by atoms with van der Waals surface area (Å²) in [6.07, 6.45) is 0.135. The Hall–Kier alpha value is -2.70. The Kier molecular flexibility index (Phi) is 4.78. The molecule has 122 valence electrons. The molecule has 2 rings (SSSR count). The van der Waals surface area contributed by atoms with Crippen molar-refractivity contribution in [2.24, 2.45) is 0 Å². The van der Waals surface area contributed by atoms with Crippen molar-refractivity contribution in [1.29, 1.82) is 0 Å². The number of nitrogens with zero attached hydrogens (tertiary/aromatic N) is 1. The van der Waals surface area contributed by atoms with Crippen molar-refractivity contribution < 1.29 is 19.2 Å². The van der Waals surface area contributed by atoms with E-state index >= 15 is 0 Å². The summed E-state index contributed by atoms with van der Waals surface area (Å²) in [4.78, 5) is 48.9. The molecule has 1 aromatic rings. The molecule has 0 unspecified atom stereocenters. The highest BCUT2D eigenvalue weighted by atomic mass is 16.2. The van der Waals surface area contributed by atoms with Gasteiger partial charge in [-0.1, -0.05) is 11.6 Å². The van der Waals surface area contributed by atoms with Gasteiger partial charge in [-0.2, -0.15) is 0 Å². The summed E-state index contributed by atoms with van der Waals surface area (Å²) in [5, 5.41) is 5.00. The second-order valence-electron chi connectivity index (χ2n) is 5.42. The minimum Gasteiger partial charge on any atom is -0.359 e. The lowest BCUT2D eigenvalue weighted by Crippen LogP contribution is -2.48. The lowest BCUT2D eigenvalue weighted by molar-refractivity contribution is -0.124. The molecular weight excluding hydrogens is 298 g/mol. The number of imide groups is 1.